The summed E-state index contributed by atoms with van der Waals surface area (Å²) in [4.78, 5) is 18.6. The van der Waals surface area contributed by atoms with E-state index >= 15 is 0 Å². The molecular formula is C21H23N3O2. The van der Waals surface area contributed by atoms with E-state index in [1.54, 1.807) is 6.07 Å². The highest BCUT2D eigenvalue weighted by Crippen LogP contribution is 2.22. The first kappa shape index (κ1) is 17.7. The number of nitrogens with zero attached hydrogens (tertiary/aromatic N) is 2. The van der Waals surface area contributed by atoms with Crippen LogP contribution in [-0.4, -0.2) is 19.0 Å². The van der Waals surface area contributed by atoms with Crippen LogP contribution in [-0.2, 0) is 0 Å². The molecule has 0 aliphatic rings. The van der Waals surface area contributed by atoms with E-state index in [4.69, 9.17) is 10.2 Å². The number of carbonyl (C=O) groups excluding carboxylic acids is 1. The van der Waals surface area contributed by atoms with Crippen LogP contribution in [0.1, 0.15) is 29.8 Å². The van der Waals surface area contributed by atoms with Crippen molar-refractivity contribution >= 4 is 28.3 Å². The largest absolute Gasteiger partial charge is 0.437 e. The highest BCUT2D eigenvalue weighted by molar-refractivity contribution is 5.95. The van der Waals surface area contributed by atoms with Crippen LogP contribution >= 0.6 is 0 Å². The van der Waals surface area contributed by atoms with E-state index in [1.807, 2.05) is 49.4 Å². The summed E-state index contributed by atoms with van der Waals surface area (Å²) >= 11 is 0. The minimum absolute atomic E-state index is 0.227. The molecule has 3 rings (SSSR count). The summed E-state index contributed by atoms with van der Waals surface area (Å²) in [5, 5.41) is 0.817. The van der Waals surface area contributed by atoms with E-state index in [0.29, 0.717) is 11.3 Å². The van der Waals surface area contributed by atoms with Gasteiger partial charge in [0.15, 0.2) is 0 Å². The first-order valence-corrected chi connectivity index (χ1v) is 8.76. The standard InChI is InChI=1S/C21H23N3O2/c1-4-24(5-2)17-11-8-15-12-18(20(22)25)21(26-19(15)13-17)23-16-9-6-14(3)7-10-16/h6-13H,4-5H2,1-3H3,(H2,22,25). The van der Waals surface area contributed by atoms with Gasteiger partial charge in [-0.05, 0) is 51.1 Å². The average Bonchev–Trinajstić information content (AvgIpc) is 2.64. The number of hydrogen-bond acceptors (Lipinski definition) is 4. The van der Waals surface area contributed by atoms with Crippen LogP contribution in [0.25, 0.3) is 11.0 Å². The lowest BCUT2D eigenvalue weighted by atomic mass is 10.1. The van der Waals surface area contributed by atoms with Crippen molar-refractivity contribution in [3.63, 3.8) is 0 Å². The Morgan fingerprint density at radius 2 is 1.77 bits per heavy atom. The SMILES string of the molecule is CCN(CC)c1ccc2cc(C(N)=O)c(=Nc3ccc(C)cc3)oc2c1. The fourth-order valence-electron chi connectivity index (χ4n) is 2.89. The quantitative estimate of drug-likeness (QED) is 0.759. The van der Waals surface area contributed by atoms with Gasteiger partial charge in [-0.2, -0.15) is 0 Å². The molecule has 0 saturated carbocycles. The van der Waals surface area contributed by atoms with Crippen LogP contribution in [0.2, 0.25) is 0 Å². The van der Waals surface area contributed by atoms with E-state index < -0.39 is 5.91 Å². The summed E-state index contributed by atoms with van der Waals surface area (Å²) in [5.74, 6) is -0.561. The highest BCUT2D eigenvalue weighted by Gasteiger charge is 2.11. The smallest absolute Gasteiger partial charge is 0.254 e. The molecule has 0 unspecified atom stereocenters. The lowest BCUT2D eigenvalue weighted by Crippen LogP contribution is -2.22. The van der Waals surface area contributed by atoms with E-state index in [-0.39, 0.29) is 11.1 Å². The van der Waals surface area contributed by atoms with Gasteiger partial charge in [-0.15, -0.1) is 0 Å². The Balaban J connectivity index is 2.20. The van der Waals surface area contributed by atoms with Gasteiger partial charge in [-0.1, -0.05) is 17.7 Å². The number of benzene rings is 2. The van der Waals surface area contributed by atoms with Crippen molar-refractivity contribution in [2.75, 3.05) is 18.0 Å². The van der Waals surface area contributed by atoms with Crippen LogP contribution in [0.15, 0.2) is 57.9 Å². The normalized spacial score (nSPS) is 11.7. The number of carbonyl (C=O) groups is 1. The molecular weight excluding hydrogens is 326 g/mol. The van der Waals surface area contributed by atoms with Gasteiger partial charge in [0.2, 0.25) is 5.55 Å². The van der Waals surface area contributed by atoms with Crippen molar-refractivity contribution in [1.82, 2.24) is 0 Å². The number of aryl methyl sites for hydroxylation is 1. The summed E-state index contributed by atoms with van der Waals surface area (Å²) < 4.78 is 5.97. The van der Waals surface area contributed by atoms with Gasteiger partial charge in [0.05, 0.1) is 5.69 Å². The minimum Gasteiger partial charge on any atom is -0.437 e. The second-order valence-corrected chi connectivity index (χ2v) is 6.17. The van der Waals surface area contributed by atoms with Gasteiger partial charge in [0, 0.05) is 30.2 Å². The van der Waals surface area contributed by atoms with Crippen molar-refractivity contribution in [3.05, 3.63) is 65.2 Å². The third kappa shape index (κ3) is 3.61. The fourth-order valence-corrected chi connectivity index (χ4v) is 2.89. The summed E-state index contributed by atoms with van der Waals surface area (Å²) in [5.41, 5.74) is 9.62. The van der Waals surface area contributed by atoms with Gasteiger partial charge in [-0.25, -0.2) is 4.99 Å². The number of nitrogens with two attached hydrogens (primary N) is 1. The van der Waals surface area contributed by atoms with Gasteiger partial charge in [-0.3, -0.25) is 4.79 Å². The van der Waals surface area contributed by atoms with Crippen LogP contribution in [0, 0.1) is 6.92 Å². The molecule has 5 nitrogen and oxygen atoms in total. The molecule has 2 N–H and O–H groups in total. The molecule has 0 radical (unpaired) electrons. The third-order valence-corrected chi connectivity index (χ3v) is 4.39. The molecule has 26 heavy (non-hydrogen) atoms. The van der Waals surface area contributed by atoms with Crippen LogP contribution in [0.5, 0.6) is 0 Å². The van der Waals surface area contributed by atoms with Crippen molar-refractivity contribution in [2.45, 2.75) is 20.8 Å². The summed E-state index contributed by atoms with van der Waals surface area (Å²) in [6.45, 7) is 8.04. The Labute approximate surface area is 152 Å². The predicted molar refractivity (Wildman–Crippen MR) is 105 cm³/mol. The summed E-state index contributed by atoms with van der Waals surface area (Å²) in [7, 11) is 0. The maximum atomic E-state index is 11.9. The van der Waals surface area contributed by atoms with E-state index in [2.05, 4.69) is 23.7 Å². The fraction of sp³-hybridized carbons (Fsp3) is 0.238. The van der Waals surface area contributed by atoms with E-state index in [1.165, 1.54) is 0 Å². The molecule has 0 spiro atoms. The Morgan fingerprint density at radius 3 is 2.38 bits per heavy atom. The predicted octanol–water partition coefficient (Wildman–Crippen LogP) is 3.92. The maximum Gasteiger partial charge on any atom is 0.254 e. The molecule has 1 aromatic heterocycles. The molecule has 0 saturated heterocycles. The molecule has 0 fully saturated rings. The second-order valence-electron chi connectivity index (χ2n) is 6.17. The monoisotopic (exact) mass is 349 g/mol. The number of anilines is 1. The lowest BCUT2D eigenvalue weighted by molar-refractivity contribution is 0.0996. The number of fused-ring (bicyclic) bond motifs is 1. The summed E-state index contributed by atoms with van der Waals surface area (Å²) in [6.07, 6.45) is 0. The molecule has 0 bridgehead atoms. The molecule has 5 heteroatoms. The van der Waals surface area contributed by atoms with Gasteiger partial charge >= 0.3 is 0 Å². The van der Waals surface area contributed by atoms with Crippen molar-refractivity contribution < 1.29 is 9.21 Å². The first-order chi connectivity index (χ1) is 12.5. The zero-order valence-electron chi connectivity index (χ0n) is 15.3. The highest BCUT2D eigenvalue weighted by atomic mass is 16.3. The lowest BCUT2D eigenvalue weighted by Gasteiger charge is -2.21. The van der Waals surface area contributed by atoms with Gasteiger partial charge in [0.1, 0.15) is 11.1 Å². The minimum atomic E-state index is -0.561. The average molecular weight is 349 g/mol. The molecule has 0 atom stereocenters. The summed E-state index contributed by atoms with van der Waals surface area (Å²) in [6, 6.07) is 15.4. The molecule has 0 aliphatic carbocycles. The molecule has 134 valence electrons. The van der Waals surface area contributed by atoms with E-state index in [0.717, 1.165) is 29.7 Å². The van der Waals surface area contributed by atoms with Crippen LogP contribution < -0.4 is 16.2 Å². The molecule has 2 aromatic carbocycles. The Hall–Kier alpha value is -3.08. The first-order valence-electron chi connectivity index (χ1n) is 8.76. The Kier molecular flexibility index (Phi) is 5.07. The topological polar surface area (TPSA) is 71.8 Å². The maximum absolute atomic E-state index is 11.9. The van der Waals surface area contributed by atoms with Gasteiger partial charge in [0.25, 0.3) is 5.91 Å². The molecule has 0 aliphatic heterocycles. The van der Waals surface area contributed by atoms with Gasteiger partial charge < -0.3 is 15.1 Å². The molecule has 1 heterocycles. The Morgan fingerprint density at radius 1 is 1.08 bits per heavy atom. The zero-order chi connectivity index (χ0) is 18.7. The zero-order valence-corrected chi connectivity index (χ0v) is 15.3. The molecule has 3 aromatic rings. The number of primary amides is 1. The number of hydrogen-bond donors (Lipinski definition) is 1. The number of amides is 1. The second kappa shape index (κ2) is 7.44. The van der Waals surface area contributed by atoms with Crippen molar-refractivity contribution in [1.29, 1.82) is 0 Å². The van der Waals surface area contributed by atoms with Crippen molar-refractivity contribution in [2.24, 2.45) is 10.7 Å². The Bertz CT molecular complexity index is 1000. The van der Waals surface area contributed by atoms with Crippen LogP contribution in [0.4, 0.5) is 11.4 Å². The van der Waals surface area contributed by atoms with E-state index in [9.17, 15) is 4.79 Å². The third-order valence-electron chi connectivity index (χ3n) is 4.39. The number of rotatable bonds is 5. The van der Waals surface area contributed by atoms with Crippen LogP contribution in [0.3, 0.4) is 0 Å². The molecule has 1 amide bonds. The van der Waals surface area contributed by atoms with Crippen molar-refractivity contribution in [3.8, 4) is 0 Å².